The Hall–Kier alpha value is -0.780. The maximum absolute atomic E-state index is 11.0. The summed E-state index contributed by atoms with van der Waals surface area (Å²) < 4.78 is 27.5. The van der Waals surface area contributed by atoms with Gasteiger partial charge in [0.05, 0.1) is 12.4 Å². The van der Waals surface area contributed by atoms with Crippen molar-refractivity contribution < 1.29 is 13.2 Å². The lowest BCUT2D eigenvalue weighted by Crippen LogP contribution is -2.10. The Morgan fingerprint density at radius 1 is 1.39 bits per heavy atom. The van der Waals surface area contributed by atoms with Crippen molar-refractivity contribution in [1.29, 1.82) is 0 Å². The van der Waals surface area contributed by atoms with Crippen LogP contribution in [0.3, 0.4) is 0 Å². The van der Waals surface area contributed by atoms with Crippen molar-refractivity contribution in [3.05, 3.63) is 28.8 Å². The van der Waals surface area contributed by atoms with Gasteiger partial charge in [0, 0.05) is 23.4 Å². The number of rotatable bonds is 7. The van der Waals surface area contributed by atoms with E-state index in [1.54, 1.807) is 12.1 Å². The Labute approximate surface area is 113 Å². The van der Waals surface area contributed by atoms with E-state index in [9.17, 15) is 8.42 Å². The Kier molecular flexibility index (Phi) is 5.91. The predicted octanol–water partition coefficient (Wildman–Crippen LogP) is 1.87. The normalized spacial score (nSPS) is 11.5. The largest absolute Gasteiger partial charge is 0.493 e. The van der Waals surface area contributed by atoms with Gasteiger partial charge in [-0.05, 0) is 31.7 Å². The van der Waals surface area contributed by atoms with Gasteiger partial charge in [-0.3, -0.25) is 0 Å². The third-order valence-electron chi connectivity index (χ3n) is 2.31. The minimum absolute atomic E-state index is 0.141. The highest BCUT2D eigenvalue weighted by Gasteiger charge is 2.06. The van der Waals surface area contributed by atoms with E-state index in [4.69, 9.17) is 16.3 Å². The first kappa shape index (κ1) is 15.3. The Balaban J connectivity index is 2.56. The summed E-state index contributed by atoms with van der Waals surface area (Å²) in [6.07, 6.45) is 1.71. The summed E-state index contributed by atoms with van der Waals surface area (Å²) in [6.45, 7) is 1.04. The number of hydrogen-bond donors (Lipinski definition) is 1. The summed E-state index contributed by atoms with van der Waals surface area (Å²) in [5, 5.41) is 3.69. The molecule has 1 aromatic carbocycles. The molecule has 0 aliphatic rings. The molecule has 4 nitrogen and oxygen atoms in total. The fourth-order valence-corrected chi connectivity index (χ4v) is 2.36. The van der Waals surface area contributed by atoms with Crippen LogP contribution in [0.4, 0.5) is 0 Å². The van der Waals surface area contributed by atoms with Crippen LogP contribution < -0.4 is 10.1 Å². The molecule has 0 atom stereocenters. The highest BCUT2D eigenvalue weighted by atomic mass is 35.5. The number of ether oxygens (including phenoxy) is 1. The Morgan fingerprint density at radius 3 is 2.72 bits per heavy atom. The van der Waals surface area contributed by atoms with Gasteiger partial charge in [0.25, 0.3) is 0 Å². The van der Waals surface area contributed by atoms with E-state index in [-0.39, 0.29) is 5.75 Å². The molecule has 0 heterocycles. The number of nitrogens with one attached hydrogen (secondary N) is 1. The molecule has 0 saturated heterocycles. The molecule has 0 aromatic heterocycles. The fraction of sp³-hybridized carbons (Fsp3) is 0.500. The molecule has 0 radical (unpaired) electrons. The molecular weight excluding hydrogens is 274 g/mol. The predicted molar refractivity (Wildman–Crippen MR) is 74.0 cm³/mol. The van der Waals surface area contributed by atoms with Crippen molar-refractivity contribution in [2.75, 3.05) is 25.7 Å². The Morgan fingerprint density at radius 2 is 2.11 bits per heavy atom. The van der Waals surface area contributed by atoms with E-state index in [0.717, 1.165) is 11.3 Å². The van der Waals surface area contributed by atoms with Gasteiger partial charge in [0.1, 0.15) is 15.6 Å². The van der Waals surface area contributed by atoms with Crippen LogP contribution in [0, 0.1) is 0 Å². The molecule has 0 amide bonds. The van der Waals surface area contributed by atoms with Crippen LogP contribution in [0.5, 0.6) is 5.75 Å². The van der Waals surface area contributed by atoms with Crippen LogP contribution in [0.15, 0.2) is 18.2 Å². The molecule has 0 saturated carbocycles. The minimum atomic E-state index is -2.92. The fourth-order valence-electron chi connectivity index (χ4n) is 1.52. The molecule has 0 spiro atoms. The first-order chi connectivity index (χ1) is 8.42. The molecule has 18 heavy (non-hydrogen) atoms. The molecule has 0 unspecified atom stereocenters. The molecule has 1 N–H and O–H groups in total. The van der Waals surface area contributed by atoms with Crippen LogP contribution in [0.1, 0.15) is 12.0 Å². The second-order valence-electron chi connectivity index (χ2n) is 4.11. The lowest BCUT2D eigenvalue weighted by molar-refractivity contribution is 0.314. The van der Waals surface area contributed by atoms with Crippen molar-refractivity contribution in [3.8, 4) is 5.75 Å². The second-order valence-corrected chi connectivity index (χ2v) is 6.81. The van der Waals surface area contributed by atoms with Crippen LogP contribution in [0.25, 0.3) is 0 Å². The standard InChI is InChI=1S/C12H18ClNO3S/c1-14-9-10-8-11(13)4-5-12(10)17-6-3-7-18(2,15)16/h4-5,8,14H,3,6-7,9H2,1-2H3. The van der Waals surface area contributed by atoms with Crippen LogP contribution in [-0.4, -0.2) is 34.1 Å². The van der Waals surface area contributed by atoms with E-state index in [1.807, 2.05) is 13.1 Å². The van der Waals surface area contributed by atoms with Gasteiger partial charge >= 0.3 is 0 Å². The van der Waals surface area contributed by atoms with Crippen molar-refractivity contribution in [3.63, 3.8) is 0 Å². The molecule has 0 aliphatic carbocycles. The summed E-state index contributed by atoms with van der Waals surface area (Å²) in [6, 6.07) is 5.39. The van der Waals surface area contributed by atoms with Gasteiger partial charge in [-0.25, -0.2) is 8.42 Å². The zero-order valence-corrected chi connectivity index (χ0v) is 12.1. The first-order valence-electron chi connectivity index (χ1n) is 5.66. The van der Waals surface area contributed by atoms with Gasteiger partial charge in [0.15, 0.2) is 0 Å². The topological polar surface area (TPSA) is 55.4 Å². The summed E-state index contributed by atoms with van der Waals surface area (Å²) in [5.74, 6) is 0.879. The summed E-state index contributed by atoms with van der Waals surface area (Å²) >= 11 is 5.91. The summed E-state index contributed by atoms with van der Waals surface area (Å²) in [4.78, 5) is 0. The zero-order chi connectivity index (χ0) is 13.6. The lowest BCUT2D eigenvalue weighted by Gasteiger charge is -2.11. The lowest BCUT2D eigenvalue weighted by atomic mass is 10.2. The van der Waals surface area contributed by atoms with E-state index in [1.165, 1.54) is 6.26 Å². The third kappa shape index (κ3) is 5.71. The second kappa shape index (κ2) is 6.97. The van der Waals surface area contributed by atoms with E-state index < -0.39 is 9.84 Å². The first-order valence-corrected chi connectivity index (χ1v) is 8.10. The number of sulfone groups is 1. The van der Waals surface area contributed by atoms with Crippen LogP contribution in [0.2, 0.25) is 5.02 Å². The zero-order valence-electron chi connectivity index (χ0n) is 10.6. The van der Waals surface area contributed by atoms with E-state index >= 15 is 0 Å². The highest BCUT2D eigenvalue weighted by molar-refractivity contribution is 7.90. The van der Waals surface area contributed by atoms with E-state index in [0.29, 0.717) is 24.6 Å². The van der Waals surface area contributed by atoms with Crippen molar-refractivity contribution in [2.45, 2.75) is 13.0 Å². The van der Waals surface area contributed by atoms with Crippen LogP contribution >= 0.6 is 11.6 Å². The summed E-state index contributed by atoms with van der Waals surface area (Å²) in [7, 11) is -1.08. The number of halogens is 1. The number of hydrogen-bond acceptors (Lipinski definition) is 4. The molecule has 102 valence electrons. The molecule has 0 fully saturated rings. The smallest absolute Gasteiger partial charge is 0.147 e. The quantitative estimate of drug-likeness (QED) is 0.779. The molecule has 0 aliphatic heterocycles. The van der Waals surface area contributed by atoms with Crippen molar-refractivity contribution in [1.82, 2.24) is 5.32 Å². The number of benzene rings is 1. The molecule has 1 aromatic rings. The molecule has 1 rings (SSSR count). The summed E-state index contributed by atoms with van der Waals surface area (Å²) in [5.41, 5.74) is 0.962. The average Bonchev–Trinajstić information content (AvgIpc) is 2.26. The third-order valence-corrected chi connectivity index (χ3v) is 3.57. The van der Waals surface area contributed by atoms with Gasteiger partial charge in [0.2, 0.25) is 0 Å². The molecule has 0 bridgehead atoms. The minimum Gasteiger partial charge on any atom is -0.493 e. The maximum Gasteiger partial charge on any atom is 0.147 e. The Bertz CT molecular complexity index is 488. The van der Waals surface area contributed by atoms with Gasteiger partial charge in [-0.1, -0.05) is 11.6 Å². The monoisotopic (exact) mass is 291 g/mol. The molecule has 6 heteroatoms. The SMILES string of the molecule is CNCc1cc(Cl)ccc1OCCCS(C)(=O)=O. The highest BCUT2D eigenvalue weighted by Crippen LogP contribution is 2.22. The van der Waals surface area contributed by atoms with Gasteiger partial charge < -0.3 is 10.1 Å². The van der Waals surface area contributed by atoms with E-state index in [2.05, 4.69) is 5.32 Å². The maximum atomic E-state index is 11.0. The van der Waals surface area contributed by atoms with Crippen LogP contribution in [-0.2, 0) is 16.4 Å². The molecular formula is C12H18ClNO3S. The van der Waals surface area contributed by atoms with Crippen molar-refractivity contribution in [2.24, 2.45) is 0 Å². The van der Waals surface area contributed by atoms with Gasteiger partial charge in [-0.2, -0.15) is 0 Å². The average molecular weight is 292 g/mol. The van der Waals surface area contributed by atoms with Gasteiger partial charge in [-0.15, -0.1) is 0 Å². The van der Waals surface area contributed by atoms with Crippen molar-refractivity contribution >= 4 is 21.4 Å².